The van der Waals surface area contributed by atoms with Gasteiger partial charge in [0.15, 0.2) is 11.5 Å². The summed E-state index contributed by atoms with van der Waals surface area (Å²) < 4.78 is 6.96. The van der Waals surface area contributed by atoms with Crippen LogP contribution in [0.25, 0.3) is 11.5 Å². The second-order valence-electron chi connectivity index (χ2n) is 5.69. The molecule has 4 rings (SSSR count). The van der Waals surface area contributed by atoms with Crippen LogP contribution in [0.4, 0.5) is 0 Å². The minimum Gasteiger partial charge on any atom is -0.504 e. The normalized spacial score (nSPS) is 13.5. The number of nitrogens with zero attached hydrogens (tertiary/aromatic N) is 4. The van der Waals surface area contributed by atoms with Gasteiger partial charge in [0.05, 0.1) is 13.3 Å². The van der Waals surface area contributed by atoms with Gasteiger partial charge in [-0.05, 0) is 43.6 Å². The summed E-state index contributed by atoms with van der Waals surface area (Å²) in [6.07, 6.45) is 4.57. The monoisotopic (exact) mass is 356 g/mol. The van der Waals surface area contributed by atoms with E-state index in [-0.39, 0.29) is 5.75 Å². The number of phenols is 1. The summed E-state index contributed by atoms with van der Waals surface area (Å²) in [6.45, 7) is 0. The summed E-state index contributed by atoms with van der Waals surface area (Å²) in [7, 11) is 1.50. The molecule has 2 heterocycles. The Morgan fingerprint density at radius 2 is 2.20 bits per heavy atom. The Hall–Kier alpha value is -2.94. The number of benzene rings is 1. The molecule has 8 nitrogen and oxygen atoms in total. The zero-order valence-electron chi connectivity index (χ0n) is 13.5. The van der Waals surface area contributed by atoms with Crippen molar-refractivity contribution in [1.29, 1.82) is 0 Å². The highest BCUT2D eigenvalue weighted by atomic mass is 32.1. The molecule has 0 amide bonds. The largest absolute Gasteiger partial charge is 0.504 e. The summed E-state index contributed by atoms with van der Waals surface area (Å²) >= 11 is 5.28. The van der Waals surface area contributed by atoms with Crippen LogP contribution < -0.4 is 4.74 Å². The molecule has 0 spiro atoms. The lowest BCUT2D eigenvalue weighted by Gasteiger charge is -2.05. The summed E-state index contributed by atoms with van der Waals surface area (Å²) in [5, 5.41) is 29.0. The number of fused-ring (bicyclic) bond motifs is 1. The zero-order valence-corrected chi connectivity index (χ0v) is 14.3. The maximum absolute atomic E-state index is 10.2. The Kier molecular flexibility index (Phi) is 3.85. The molecular weight excluding hydrogens is 340 g/mol. The number of aryl methyl sites for hydroxylation is 1. The molecule has 0 radical (unpaired) electrons. The number of aromatic amines is 2. The van der Waals surface area contributed by atoms with Crippen LogP contribution in [-0.4, -0.2) is 43.5 Å². The van der Waals surface area contributed by atoms with Crippen LogP contribution in [0.1, 0.15) is 23.2 Å². The van der Waals surface area contributed by atoms with Crippen molar-refractivity contribution in [2.75, 3.05) is 7.11 Å². The third kappa shape index (κ3) is 2.62. The number of aromatic nitrogens is 5. The van der Waals surface area contributed by atoms with Gasteiger partial charge in [-0.25, -0.2) is 5.10 Å². The van der Waals surface area contributed by atoms with Crippen molar-refractivity contribution in [3.63, 3.8) is 0 Å². The minimum atomic E-state index is 0.0194. The molecule has 0 aliphatic heterocycles. The van der Waals surface area contributed by atoms with Crippen LogP contribution in [0.15, 0.2) is 23.3 Å². The van der Waals surface area contributed by atoms with Crippen LogP contribution in [-0.2, 0) is 12.8 Å². The topological polar surface area (TPSA) is 104 Å². The van der Waals surface area contributed by atoms with Crippen LogP contribution in [0.3, 0.4) is 0 Å². The molecule has 128 valence electrons. The first kappa shape index (κ1) is 15.6. The minimum absolute atomic E-state index is 0.0194. The molecule has 25 heavy (non-hydrogen) atoms. The average molecular weight is 356 g/mol. The standard InChI is InChI=1S/C16H16N6O2S/c1-24-12-7-2-4-9(14(12)23)8-17-22-15(20-21-16(22)25)13-10-5-3-6-11(10)18-19-13/h2,4,7-8,23H,3,5-6H2,1H3,(H,18,19)(H,21,25)/b17-8+. The maximum atomic E-state index is 10.2. The summed E-state index contributed by atoms with van der Waals surface area (Å²) in [6, 6.07) is 5.18. The van der Waals surface area contributed by atoms with Crippen molar-refractivity contribution < 1.29 is 9.84 Å². The Morgan fingerprint density at radius 1 is 1.32 bits per heavy atom. The number of para-hydroxylation sites is 1. The summed E-state index contributed by atoms with van der Waals surface area (Å²) in [5.41, 5.74) is 3.58. The molecule has 0 saturated carbocycles. The smallest absolute Gasteiger partial charge is 0.216 e. The van der Waals surface area contributed by atoms with Crippen molar-refractivity contribution in [2.24, 2.45) is 5.10 Å². The maximum Gasteiger partial charge on any atom is 0.216 e. The van der Waals surface area contributed by atoms with Gasteiger partial charge in [-0.1, -0.05) is 6.07 Å². The zero-order chi connectivity index (χ0) is 17.4. The molecule has 3 aromatic rings. The third-order valence-electron chi connectivity index (χ3n) is 4.23. The Labute approximate surface area is 148 Å². The lowest BCUT2D eigenvalue weighted by atomic mass is 10.2. The highest BCUT2D eigenvalue weighted by Gasteiger charge is 2.23. The molecule has 1 aliphatic rings. The van der Waals surface area contributed by atoms with E-state index in [9.17, 15) is 5.11 Å². The quantitative estimate of drug-likeness (QED) is 0.492. The number of nitrogens with one attached hydrogen (secondary N) is 2. The van der Waals surface area contributed by atoms with Gasteiger partial charge in [0.1, 0.15) is 5.69 Å². The molecule has 0 unspecified atom stereocenters. The Balaban J connectivity index is 1.75. The fraction of sp³-hybridized carbons (Fsp3) is 0.250. The van der Waals surface area contributed by atoms with Gasteiger partial charge in [-0.2, -0.15) is 20.0 Å². The van der Waals surface area contributed by atoms with Gasteiger partial charge in [-0.3, -0.25) is 5.10 Å². The molecule has 0 bridgehead atoms. The molecular formula is C16H16N6O2S. The van der Waals surface area contributed by atoms with E-state index < -0.39 is 0 Å². The number of hydrogen-bond acceptors (Lipinski definition) is 6. The fourth-order valence-electron chi connectivity index (χ4n) is 2.98. The first-order valence-electron chi connectivity index (χ1n) is 7.83. The van der Waals surface area contributed by atoms with E-state index in [0.29, 0.717) is 21.9 Å². The number of aromatic hydroxyl groups is 1. The predicted octanol–water partition coefficient (Wildman–Crippen LogP) is 2.42. The highest BCUT2D eigenvalue weighted by Crippen LogP contribution is 2.30. The number of H-pyrrole nitrogens is 2. The van der Waals surface area contributed by atoms with Crippen LogP contribution in [0.5, 0.6) is 11.5 Å². The summed E-state index contributed by atoms with van der Waals surface area (Å²) in [4.78, 5) is 0. The van der Waals surface area contributed by atoms with E-state index in [1.165, 1.54) is 18.0 Å². The average Bonchev–Trinajstić information content (AvgIpc) is 3.30. The lowest BCUT2D eigenvalue weighted by molar-refractivity contribution is 0.373. The van der Waals surface area contributed by atoms with Crippen LogP contribution in [0.2, 0.25) is 0 Å². The second-order valence-corrected chi connectivity index (χ2v) is 6.08. The van der Waals surface area contributed by atoms with Crippen molar-refractivity contribution >= 4 is 18.4 Å². The van der Waals surface area contributed by atoms with Gasteiger partial charge in [-0.15, -0.1) is 0 Å². The van der Waals surface area contributed by atoms with Gasteiger partial charge in [0, 0.05) is 16.8 Å². The van der Waals surface area contributed by atoms with Gasteiger partial charge in [0.2, 0.25) is 10.6 Å². The van der Waals surface area contributed by atoms with E-state index >= 15 is 0 Å². The number of hydrogen-bond donors (Lipinski definition) is 3. The lowest BCUT2D eigenvalue weighted by Crippen LogP contribution is -1.98. The SMILES string of the molecule is COc1cccc(/C=N/n2c(-c3n[nH]c4c3CCC4)n[nH]c2=S)c1O. The van der Waals surface area contributed by atoms with Crippen LogP contribution in [0, 0.1) is 4.77 Å². The summed E-state index contributed by atoms with van der Waals surface area (Å²) in [5.74, 6) is 0.944. The molecule has 1 aliphatic carbocycles. The number of methoxy groups -OCH3 is 1. The van der Waals surface area contributed by atoms with Crippen LogP contribution >= 0.6 is 12.2 Å². The predicted molar refractivity (Wildman–Crippen MR) is 94.7 cm³/mol. The van der Waals surface area contributed by atoms with Gasteiger partial charge < -0.3 is 9.84 Å². The molecule has 0 fully saturated rings. The van der Waals surface area contributed by atoms with Crippen molar-refractivity contribution in [2.45, 2.75) is 19.3 Å². The Morgan fingerprint density at radius 3 is 3.04 bits per heavy atom. The molecule has 0 atom stereocenters. The number of rotatable bonds is 4. The van der Waals surface area contributed by atoms with Crippen molar-refractivity contribution in [3.05, 3.63) is 39.8 Å². The first-order chi connectivity index (χ1) is 12.2. The molecule has 0 saturated heterocycles. The van der Waals surface area contributed by atoms with Gasteiger partial charge in [0.25, 0.3) is 0 Å². The van der Waals surface area contributed by atoms with E-state index in [1.54, 1.807) is 18.2 Å². The van der Waals surface area contributed by atoms with E-state index in [4.69, 9.17) is 17.0 Å². The third-order valence-corrected chi connectivity index (χ3v) is 4.50. The Bertz CT molecular complexity index is 1020. The number of phenolic OH excluding ortho intramolecular Hbond substituents is 1. The van der Waals surface area contributed by atoms with E-state index in [1.807, 2.05) is 0 Å². The van der Waals surface area contributed by atoms with Crippen molar-refractivity contribution in [3.8, 4) is 23.0 Å². The second kappa shape index (κ2) is 6.17. The molecule has 9 heteroatoms. The molecule has 3 N–H and O–H groups in total. The number of ether oxygens (including phenoxy) is 1. The van der Waals surface area contributed by atoms with E-state index in [2.05, 4.69) is 25.5 Å². The highest BCUT2D eigenvalue weighted by molar-refractivity contribution is 7.71. The molecule has 1 aromatic carbocycles. The van der Waals surface area contributed by atoms with Crippen molar-refractivity contribution in [1.82, 2.24) is 25.1 Å². The van der Waals surface area contributed by atoms with Gasteiger partial charge >= 0.3 is 0 Å². The first-order valence-corrected chi connectivity index (χ1v) is 8.24. The van der Waals surface area contributed by atoms with E-state index in [0.717, 1.165) is 36.2 Å². The fourth-order valence-corrected chi connectivity index (χ4v) is 3.16. The molecule has 2 aromatic heterocycles.